The highest BCUT2D eigenvalue weighted by atomic mass is 32.2. The Hall–Kier alpha value is -2.97. The largest absolute Gasteiger partial charge is 0.344 e. The van der Waals surface area contributed by atoms with Gasteiger partial charge in [0.2, 0.25) is 0 Å². The molecule has 4 aromatic rings. The summed E-state index contributed by atoms with van der Waals surface area (Å²) in [5, 5.41) is 14.4. The molecule has 0 saturated carbocycles. The number of hydrogen-bond acceptors (Lipinski definition) is 6. The average Bonchev–Trinajstić information content (AvgIpc) is 3.43. The molecule has 0 bridgehead atoms. The van der Waals surface area contributed by atoms with Crippen LogP contribution in [-0.4, -0.2) is 25.7 Å². The Morgan fingerprint density at radius 1 is 1.00 bits per heavy atom. The lowest BCUT2D eigenvalue weighted by Gasteiger charge is -2.11. The highest BCUT2D eigenvalue weighted by Gasteiger charge is 2.15. The van der Waals surface area contributed by atoms with Gasteiger partial charge in [-0.25, -0.2) is 0 Å². The van der Waals surface area contributed by atoms with Gasteiger partial charge in [-0.05, 0) is 34.7 Å². The van der Waals surface area contributed by atoms with E-state index in [0.29, 0.717) is 18.0 Å². The van der Waals surface area contributed by atoms with E-state index in [2.05, 4.69) is 37.2 Å². The molecule has 3 aromatic heterocycles. The average molecular weight is 422 g/mol. The zero-order valence-electron chi connectivity index (χ0n) is 15.6. The zero-order chi connectivity index (χ0) is 19.9. The van der Waals surface area contributed by atoms with Gasteiger partial charge in [-0.3, -0.25) is 9.78 Å². The van der Waals surface area contributed by atoms with Crippen LogP contribution in [0.3, 0.4) is 0 Å². The third-order valence-corrected chi connectivity index (χ3v) is 6.15. The van der Waals surface area contributed by atoms with Gasteiger partial charge < -0.3 is 9.88 Å². The van der Waals surface area contributed by atoms with Gasteiger partial charge >= 0.3 is 0 Å². The number of aromatic nitrogens is 4. The highest BCUT2D eigenvalue weighted by molar-refractivity contribution is 7.98. The molecule has 29 heavy (non-hydrogen) atoms. The summed E-state index contributed by atoms with van der Waals surface area (Å²) in [5.41, 5.74) is 2.33. The van der Waals surface area contributed by atoms with Crippen LogP contribution in [0.25, 0.3) is 0 Å². The van der Waals surface area contributed by atoms with E-state index in [0.717, 1.165) is 22.3 Å². The Morgan fingerprint density at radius 3 is 2.59 bits per heavy atom. The molecule has 0 atom stereocenters. The Morgan fingerprint density at radius 2 is 1.83 bits per heavy atom. The third-order valence-electron chi connectivity index (χ3n) is 4.25. The summed E-state index contributed by atoms with van der Waals surface area (Å²) in [7, 11) is 0. The molecule has 0 aliphatic rings. The smallest absolute Gasteiger partial charge is 0.261 e. The highest BCUT2D eigenvalue weighted by Crippen LogP contribution is 2.23. The standard InChI is InChI=1S/C21H19N5OS2/c27-20(18-7-4-12-28-18)23-13-19-24-25-21(29-15-17-8-10-22-11-9-17)26(19)14-16-5-2-1-3-6-16/h1-12H,13-15H2,(H,23,27). The molecule has 1 aromatic carbocycles. The molecule has 6 nitrogen and oxygen atoms in total. The Balaban J connectivity index is 1.51. The number of rotatable bonds is 8. The lowest BCUT2D eigenvalue weighted by molar-refractivity contribution is 0.0953. The van der Waals surface area contributed by atoms with Crippen molar-refractivity contribution in [3.05, 3.63) is 94.2 Å². The normalized spacial score (nSPS) is 10.8. The summed E-state index contributed by atoms with van der Waals surface area (Å²) in [6.07, 6.45) is 3.58. The zero-order valence-corrected chi connectivity index (χ0v) is 17.2. The lowest BCUT2D eigenvalue weighted by Crippen LogP contribution is -2.24. The van der Waals surface area contributed by atoms with E-state index in [-0.39, 0.29) is 5.91 Å². The van der Waals surface area contributed by atoms with Crippen LogP contribution in [0.5, 0.6) is 0 Å². The van der Waals surface area contributed by atoms with Gasteiger partial charge in [-0.1, -0.05) is 48.2 Å². The minimum atomic E-state index is -0.0970. The van der Waals surface area contributed by atoms with E-state index in [1.807, 2.05) is 47.8 Å². The van der Waals surface area contributed by atoms with Crippen molar-refractivity contribution in [3.8, 4) is 0 Å². The number of carbonyl (C=O) groups excluding carboxylic acids is 1. The van der Waals surface area contributed by atoms with E-state index >= 15 is 0 Å². The number of thioether (sulfide) groups is 1. The van der Waals surface area contributed by atoms with Crippen molar-refractivity contribution in [2.24, 2.45) is 0 Å². The van der Waals surface area contributed by atoms with Crippen LogP contribution >= 0.6 is 23.1 Å². The first-order valence-corrected chi connectivity index (χ1v) is 11.0. The van der Waals surface area contributed by atoms with Crippen LogP contribution in [0.1, 0.15) is 26.6 Å². The third kappa shape index (κ3) is 5.10. The van der Waals surface area contributed by atoms with E-state index in [1.54, 1.807) is 24.2 Å². The fraction of sp³-hybridized carbons (Fsp3) is 0.143. The lowest BCUT2D eigenvalue weighted by atomic mass is 10.2. The molecule has 3 heterocycles. The fourth-order valence-electron chi connectivity index (χ4n) is 2.76. The Kier molecular flexibility index (Phi) is 6.33. The van der Waals surface area contributed by atoms with Gasteiger partial charge in [0.25, 0.3) is 5.91 Å². The van der Waals surface area contributed by atoms with Gasteiger partial charge in [0.15, 0.2) is 11.0 Å². The van der Waals surface area contributed by atoms with Gasteiger partial charge in [-0.15, -0.1) is 21.5 Å². The predicted molar refractivity (Wildman–Crippen MR) is 115 cm³/mol. The maximum atomic E-state index is 12.3. The summed E-state index contributed by atoms with van der Waals surface area (Å²) in [6.45, 7) is 0.975. The van der Waals surface area contributed by atoms with Crippen LogP contribution in [0, 0.1) is 0 Å². The molecule has 8 heteroatoms. The second-order valence-corrected chi connectivity index (χ2v) is 8.16. The van der Waals surface area contributed by atoms with Crippen LogP contribution in [0.2, 0.25) is 0 Å². The summed E-state index contributed by atoms with van der Waals surface area (Å²) in [6, 6.07) is 17.8. The summed E-state index contributed by atoms with van der Waals surface area (Å²) < 4.78 is 2.07. The van der Waals surface area contributed by atoms with Crippen LogP contribution < -0.4 is 5.32 Å². The van der Waals surface area contributed by atoms with Crippen LogP contribution in [0.15, 0.2) is 77.5 Å². The Bertz CT molecular complexity index is 1050. The van der Waals surface area contributed by atoms with Crippen molar-refractivity contribution in [3.63, 3.8) is 0 Å². The van der Waals surface area contributed by atoms with Crippen LogP contribution in [0.4, 0.5) is 0 Å². The molecule has 4 rings (SSSR count). The molecular weight excluding hydrogens is 402 g/mol. The Labute approximate surface area is 177 Å². The number of benzene rings is 1. The molecule has 146 valence electrons. The summed E-state index contributed by atoms with van der Waals surface area (Å²) in [5.74, 6) is 1.41. The minimum Gasteiger partial charge on any atom is -0.344 e. The quantitative estimate of drug-likeness (QED) is 0.435. The molecule has 0 fully saturated rings. The second kappa shape index (κ2) is 9.49. The molecule has 0 aliphatic heterocycles. The fourth-order valence-corrected chi connectivity index (χ4v) is 4.32. The topological polar surface area (TPSA) is 72.7 Å². The van der Waals surface area contributed by atoms with E-state index in [4.69, 9.17) is 0 Å². The first-order valence-electron chi connectivity index (χ1n) is 9.09. The molecule has 1 amide bonds. The molecule has 1 N–H and O–H groups in total. The van der Waals surface area contributed by atoms with E-state index in [1.165, 1.54) is 16.9 Å². The van der Waals surface area contributed by atoms with Crippen LogP contribution in [-0.2, 0) is 18.8 Å². The second-order valence-electron chi connectivity index (χ2n) is 6.27. The maximum absolute atomic E-state index is 12.3. The number of nitrogens with one attached hydrogen (secondary N) is 1. The van der Waals surface area contributed by atoms with Gasteiger partial charge in [0, 0.05) is 18.1 Å². The van der Waals surface area contributed by atoms with E-state index in [9.17, 15) is 4.79 Å². The van der Waals surface area contributed by atoms with Gasteiger partial charge in [-0.2, -0.15) is 0 Å². The van der Waals surface area contributed by atoms with Crippen molar-refractivity contribution in [1.29, 1.82) is 0 Å². The monoisotopic (exact) mass is 421 g/mol. The van der Waals surface area contributed by atoms with Gasteiger partial charge in [0.05, 0.1) is 18.0 Å². The molecule has 0 spiro atoms. The predicted octanol–water partition coefficient (Wildman–Crippen LogP) is 4.01. The molecule has 0 radical (unpaired) electrons. The number of amides is 1. The van der Waals surface area contributed by atoms with Crippen molar-refractivity contribution in [2.75, 3.05) is 0 Å². The van der Waals surface area contributed by atoms with Gasteiger partial charge in [0.1, 0.15) is 0 Å². The first kappa shape index (κ1) is 19.4. The number of pyridine rings is 1. The van der Waals surface area contributed by atoms with Crippen molar-refractivity contribution in [1.82, 2.24) is 25.1 Å². The van der Waals surface area contributed by atoms with Crippen molar-refractivity contribution in [2.45, 2.75) is 24.0 Å². The molecule has 0 aliphatic carbocycles. The summed E-state index contributed by atoms with van der Waals surface area (Å²) >= 11 is 3.04. The first-order chi connectivity index (χ1) is 14.3. The molecule has 0 unspecified atom stereocenters. The maximum Gasteiger partial charge on any atom is 0.261 e. The molecular formula is C21H19N5OS2. The minimum absolute atomic E-state index is 0.0970. The van der Waals surface area contributed by atoms with E-state index < -0.39 is 0 Å². The summed E-state index contributed by atoms with van der Waals surface area (Å²) in [4.78, 5) is 17.0. The number of nitrogens with zero attached hydrogens (tertiary/aromatic N) is 4. The number of carbonyl (C=O) groups is 1. The number of thiophene rings is 1. The SMILES string of the molecule is O=C(NCc1nnc(SCc2ccncc2)n1Cc1ccccc1)c1cccs1. The molecule has 0 saturated heterocycles. The van der Waals surface area contributed by atoms with Crippen molar-refractivity contribution >= 4 is 29.0 Å². The van der Waals surface area contributed by atoms with Crippen molar-refractivity contribution < 1.29 is 4.79 Å². The number of hydrogen-bond donors (Lipinski definition) is 1.